The van der Waals surface area contributed by atoms with Gasteiger partial charge in [0.2, 0.25) is 11.6 Å². The summed E-state index contributed by atoms with van der Waals surface area (Å²) in [6.45, 7) is 2.11. The normalized spacial score (nSPS) is 32.0. The van der Waals surface area contributed by atoms with Crippen molar-refractivity contribution < 1.29 is 26.9 Å². The Hall–Kier alpha value is -1.69. The fourth-order valence-electron chi connectivity index (χ4n) is 5.32. The number of carbonyl (C=O) groups excluding carboxylic acids is 1. The number of aromatic nitrogens is 1. The zero-order valence-electron chi connectivity index (χ0n) is 14.6. The molecule has 1 aromatic heterocycles. The minimum Gasteiger partial charge on any atom is -1.00 e. The first-order valence-corrected chi connectivity index (χ1v) is 9.14. The molecule has 0 atom stereocenters. The molecule has 6 nitrogen and oxygen atoms in total. The Morgan fingerprint density at radius 3 is 2.40 bits per heavy atom. The van der Waals surface area contributed by atoms with Crippen LogP contribution in [0.25, 0.3) is 0 Å². The van der Waals surface area contributed by atoms with Gasteiger partial charge in [-0.2, -0.15) is 0 Å². The first-order chi connectivity index (χ1) is 11.6. The van der Waals surface area contributed by atoms with Crippen LogP contribution in [0.3, 0.4) is 0 Å². The molecule has 1 aromatic rings. The number of anilines is 3. The topological polar surface area (TPSA) is 90.5 Å². The quantitative estimate of drug-likeness (QED) is 0.693. The summed E-state index contributed by atoms with van der Waals surface area (Å²) in [4.78, 5) is 14.7. The third-order valence-corrected chi connectivity index (χ3v) is 6.04. The molecule has 5 rings (SSSR count). The predicted octanol–water partition coefficient (Wildman–Crippen LogP) is -0.108. The van der Waals surface area contributed by atoms with Crippen LogP contribution in [0.1, 0.15) is 39.0 Å². The molecular weight excluding hydrogens is 340 g/mol. The highest BCUT2D eigenvalue weighted by Crippen LogP contribution is 2.54. The number of hydrogen-bond donors (Lipinski definition) is 3. The lowest BCUT2D eigenvalue weighted by molar-refractivity contribution is -0.343. The summed E-state index contributed by atoms with van der Waals surface area (Å²) in [5.41, 5.74) is 6.60. The van der Waals surface area contributed by atoms with Gasteiger partial charge in [0.05, 0.1) is 12.6 Å². The summed E-state index contributed by atoms with van der Waals surface area (Å²) in [6, 6.07) is 4.32. The Bertz CT molecular complexity index is 612. The molecule has 0 aromatic carbocycles. The maximum Gasteiger partial charge on any atom is 0.411 e. The standard InChI is InChI=1S/C18H26N4O2.ClH/c1-2-24-18(23)20-14-3-4-15(22-17(14)19)21-16-12-6-10-5-11(8-12)9-13(16)7-10;/h3-4,10-13,16H,2,5-9H2,1H3,(H,20,23)(H3,19,21,22);1H. The van der Waals surface area contributed by atoms with Crippen LogP contribution >= 0.6 is 0 Å². The largest absolute Gasteiger partial charge is 1.00 e. The van der Waals surface area contributed by atoms with Crippen molar-refractivity contribution in [2.75, 3.05) is 23.0 Å². The number of nitrogen functional groups attached to an aromatic ring is 1. The van der Waals surface area contributed by atoms with Gasteiger partial charge in [-0.05, 0) is 68.8 Å². The van der Waals surface area contributed by atoms with E-state index in [2.05, 4.69) is 15.6 Å². The summed E-state index contributed by atoms with van der Waals surface area (Å²) in [6.07, 6.45) is 6.49. The summed E-state index contributed by atoms with van der Waals surface area (Å²) < 4.78 is 4.88. The molecule has 0 spiro atoms. The van der Waals surface area contributed by atoms with E-state index in [9.17, 15) is 4.79 Å². The number of halogens is 1. The van der Waals surface area contributed by atoms with Crippen LogP contribution in [0, 0.1) is 23.7 Å². The van der Waals surface area contributed by atoms with E-state index in [1.807, 2.05) is 12.1 Å². The average Bonchev–Trinajstić information content (AvgIpc) is 2.53. The molecule has 25 heavy (non-hydrogen) atoms. The van der Waals surface area contributed by atoms with Crippen molar-refractivity contribution in [2.45, 2.75) is 45.1 Å². The number of ether oxygens (including phenoxy) is 1. The van der Waals surface area contributed by atoms with E-state index < -0.39 is 6.09 Å². The lowest BCUT2D eigenvalue weighted by Gasteiger charge is -2.53. The van der Waals surface area contributed by atoms with Crippen LogP contribution < -0.4 is 33.8 Å². The van der Waals surface area contributed by atoms with E-state index in [1.165, 1.54) is 32.1 Å². The summed E-state index contributed by atoms with van der Waals surface area (Å²) >= 11 is 0. The summed E-state index contributed by atoms with van der Waals surface area (Å²) in [5.74, 6) is 4.91. The average molecular weight is 367 g/mol. The van der Waals surface area contributed by atoms with Gasteiger partial charge < -0.3 is 28.2 Å². The second-order valence-corrected chi connectivity index (χ2v) is 7.65. The Balaban J connectivity index is 0.00000182. The van der Waals surface area contributed by atoms with Gasteiger partial charge in [-0.1, -0.05) is 0 Å². The van der Waals surface area contributed by atoms with Crippen molar-refractivity contribution in [3.05, 3.63) is 12.1 Å². The third-order valence-electron chi connectivity index (χ3n) is 6.04. The Labute approximate surface area is 154 Å². The number of aromatic amines is 1. The van der Waals surface area contributed by atoms with E-state index in [0.29, 0.717) is 24.2 Å². The molecule has 4 aliphatic carbocycles. The van der Waals surface area contributed by atoms with E-state index >= 15 is 0 Å². The second kappa shape index (κ2) is 7.28. The number of nitrogens with two attached hydrogens (primary N) is 1. The van der Waals surface area contributed by atoms with Gasteiger partial charge in [0.1, 0.15) is 5.69 Å². The lowest BCUT2D eigenvalue weighted by Crippen LogP contribution is -3.00. The van der Waals surface area contributed by atoms with Gasteiger partial charge in [-0.3, -0.25) is 5.32 Å². The van der Waals surface area contributed by atoms with Crippen molar-refractivity contribution in [1.82, 2.24) is 0 Å². The molecule has 0 aliphatic heterocycles. The van der Waals surface area contributed by atoms with Gasteiger partial charge in [-0.25, -0.2) is 9.78 Å². The molecule has 0 saturated heterocycles. The number of rotatable bonds is 4. The van der Waals surface area contributed by atoms with Gasteiger partial charge in [0.25, 0.3) is 0 Å². The first kappa shape index (κ1) is 18.1. The number of H-pyrrole nitrogens is 1. The van der Waals surface area contributed by atoms with Crippen molar-refractivity contribution >= 4 is 23.4 Å². The van der Waals surface area contributed by atoms with Gasteiger partial charge >= 0.3 is 6.09 Å². The van der Waals surface area contributed by atoms with E-state index in [1.54, 1.807) is 6.92 Å². The van der Waals surface area contributed by atoms with Crippen LogP contribution in [0.15, 0.2) is 12.1 Å². The van der Waals surface area contributed by atoms with Crippen molar-refractivity contribution in [1.29, 1.82) is 0 Å². The number of carbonyl (C=O) groups is 1. The number of hydrogen-bond acceptors (Lipinski definition) is 4. The smallest absolute Gasteiger partial charge is 0.411 e. The molecule has 1 amide bonds. The molecule has 4 bridgehead atoms. The van der Waals surface area contributed by atoms with Gasteiger partial charge in [0, 0.05) is 6.07 Å². The van der Waals surface area contributed by atoms with Crippen LogP contribution in [0.2, 0.25) is 0 Å². The molecule has 5 N–H and O–H groups in total. The second-order valence-electron chi connectivity index (χ2n) is 7.65. The zero-order chi connectivity index (χ0) is 16.7. The maximum absolute atomic E-state index is 11.5. The van der Waals surface area contributed by atoms with Crippen LogP contribution in [0.5, 0.6) is 0 Å². The maximum atomic E-state index is 11.5. The van der Waals surface area contributed by atoms with Crippen molar-refractivity contribution in [3.63, 3.8) is 0 Å². The van der Waals surface area contributed by atoms with E-state index in [0.717, 1.165) is 29.5 Å². The summed E-state index contributed by atoms with van der Waals surface area (Å²) in [7, 11) is 0. The van der Waals surface area contributed by atoms with E-state index in [-0.39, 0.29) is 12.4 Å². The molecule has 138 valence electrons. The SMILES string of the molecule is CCOC(=O)Nc1ccc(NC2C3CC4CC(C3)CC2C4)[nH+]c1N.[Cl-]. The van der Waals surface area contributed by atoms with Crippen molar-refractivity contribution in [3.8, 4) is 0 Å². The van der Waals surface area contributed by atoms with Crippen LogP contribution in [0.4, 0.5) is 22.1 Å². The Morgan fingerprint density at radius 1 is 1.20 bits per heavy atom. The van der Waals surface area contributed by atoms with Crippen LogP contribution in [-0.4, -0.2) is 18.7 Å². The highest BCUT2D eigenvalue weighted by molar-refractivity contribution is 5.87. The first-order valence-electron chi connectivity index (χ1n) is 9.14. The molecule has 4 saturated carbocycles. The fourth-order valence-corrected chi connectivity index (χ4v) is 5.32. The molecule has 1 heterocycles. The van der Waals surface area contributed by atoms with Crippen LogP contribution in [-0.2, 0) is 4.74 Å². The molecule has 4 aliphatic rings. The molecule has 0 unspecified atom stereocenters. The molecule has 0 radical (unpaired) electrons. The Morgan fingerprint density at radius 2 is 1.84 bits per heavy atom. The molecular formula is C18H27ClN4O2. The van der Waals surface area contributed by atoms with Gasteiger partial charge in [0.15, 0.2) is 0 Å². The Kier molecular flexibility index (Phi) is 5.27. The molecule has 7 heteroatoms. The minimum atomic E-state index is -0.487. The fraction of sp³-hybridized carbons (Fsp3) is 0.667. The summed E-state index contributed by atoms with van der Waals surface area (Å²) in [5, 5.41) is 6.34. The monoisotopic (exact) mass is 366 g/mol. The lowest BCUT2D eigenvalue weighted by atomic mass is 9.54. The highest BCUT2D eigenvalue weighted by Gasteiger charge is 2.49. The number of amides is 1. The minimum absolute atomic E-state index is 0. The highest BCUT2D eigenvalue weighted by atomic mass is 35.5. The van der Waals surface area contributed by atoms with Gasteiger partial charge in [-0.15, -0.1) is 0 Å². The van der Waals surface area contributed by atoms with E-state index in [4.69, 9.17) is 10.5 Å². The van der Waals surface area contributed by atoms with Crippen molar-refractivity contribution in [2.24, 2.45) is 23.7 Å². The third kappa shape index (κ3) is 3.64. The number of nitrogens with one attached hydrogen (secondary N) is 3. The predicted molar refractivity (Wildman–Crippen MR) is 92.5 cm³/mol. The number of pyridine rings is 1. The zero-order valence-corrected chi connectivity index (χ0v) is 15.3. The molecule has 4 fully saturated rings.